The smallest absolute Gasteiger partial charge is 0.254 e. The number of hydrogen-bond donors (Lipinski definition) is 3. The van der Waals surface area contributed by atoms with Crippen LogP contribution in [0.2, 0.25) is 0 Å². The van der Waals surface area contributed by atoms with Gasteiger partial charge >= 0.3 is 0 Å². The van der Waals surface area contributed by atoms with Crippen LogP contribution >= 0.6 is 11.3 Å². The lowest BCUT2D eigenvalue weighted by Crippen LogP contribution is -2.43. The van der Waals surface area contributed by atoms with Crippen molar-refractivity contribution < 1.29 is 23.9 Å². The van der Waals surface area contributed by atoms with E-state index in [0.717, 1.165) is 12.0 Å². The van der Waals surface area contributed by atoms with Crippen LogP contribution < -0.4 is 25.4 Å². The quantitative estimate of drug-likeness (QED) is 0.546. The molecule has 2 aromatic carbocycles. The predicted molar refractivity (Wildman–Crippen MR) is 123 cm³/mol. The number of rotatable bonds is 4. The van der Waals surface area contributed by atoms with E-state index in [1.807, 2.05) is 23.6 Å². The Kier molecular flexibility index (Phi) is 5.66. The SMILES string of the molecule is O=C(C[C@@H]1NC(=O)c2ccccc2NC1=O)Nc1nc(-c2ccc3c(c2)OCCCO3)cs1. The van der Waals surface area contributed by atoms with Gasteiger partial charge in [-0.2, -0.15) is 0 Å². The molecule has 3 amide bonds. The van der Waals surface area contributed by atoms with Crippen LogP contribution in [0.5, 0.6) is 11.5 Å². The van der Waals surface area contributed by atoms with Gasteiger partial charge < -0.3 is 25.4 Å². The summed E-state index contributed by atoms with van der Waals surface area (Å²) < 4.78 is 11.4. The van der Waals surface area contributed by atoms with E-state index >= 15 is 0 Å². The molecule has 5 rings (SSSR count). The molecule has 0 radical (unpaired) electrons. The summed E-state index contributed by atoms with van der Waals surface area (Å²) in [5.74, 6) is 0.0784. The third kappa shape index (κ3) is 4.51. The molecule has 2 aliphatic rings. The lowest BCUT2D eigenvalue weighted by Gasteiger charge is -2.13. The van der Waals surface area contributed by atoms with E-state index in [1.165, 1.54) is 11.3 Å². The second-order valence-electron chi connectivity index (χ2n) is 7.56. The van der Waals surface area contributed by atoms with Gasteiger partial charge in [0.15, 0.2) is 16.6 Å². The molecule has 0 aliphatic carbocycles. The fourth-order valence-corrected chi connectivity index (χ4v) is 4.33. The van der Waals surface area contributed by atoms with E-state index < -0.39 is 23.8 Å². The maximum atomic E-state index is 12.6. The number of nitrogens with one attached hydrogen (secondary N) is 3. The summed E-state index contributed by atoms with van der Waals surface area (Å²) >= 11 is 1.27. The normalized spacial score (nSPS) is 17.2. The number of anilines is 2. The highest BCUT2D eigenvalue weighted by atomic mass is 32.1. The molecular weight excluding hydrogens is 444 g/mol. The molecule has 0 unspecified atom stereocenters. The highest BCUT2D eigenvalue weighted by Crippen LogP contribution is 2.35. The highest BCUT2D eigenvalue weighted by molar-refractivity contribution is 7.14. The molecule has 168 valence electrons. The monoisotopic (exact) mass is 464 g/mol. The second-order valence-corrected chi connectivity index (χ2v) is 8.42. The van der Waals surface area contributed by atoms with Crippen molar-refractivity contribution in [2.24, 2.45) is 0 Å². The fraction of sp³-hybridized carbons (Fsp3) is 0.217. The Morgan fingerprint density at radius 3 is 2.82 bits per heavy atom. The summed E-state index contributed by atoms with van der Waals surface area (Å²) in [4.78, 5) is 42.0. The molecular formula is C23H20N4O5S. The summed E-state index contributed by atoms with van der Waals surface area (Å²) in [6.07, 6.45) is 0.604. The van der Waals surface area contributed by atoms with Gasteiger partial charge in [-0.1, -0.05) is 12.1 Å². The number of aromatic nitrogens is 1. The van der Waals surface area contributed by atoms with Gasteiger partial charge in [-0.3, -0.25) is 14.4 Å². The molecule has 1 aromatic heterocycles. The Morgan fingerprint density at radius 1 is 1.12 bits per heavy atom. The number of carbonyl (C=O) groups is 3. The van der Waals surface area contributed by atoms with Crippen LogP contribution in [0.25, 0.3) is 11.3 Å². The first-order valence-corrected chi connectivity index (χ1v) is 11.3. The first kappa shape index (κ1) is 21.0. The van der Waals surface area contributed by atoms with Gasteiger partial charge in [-0.25, -0.2) is 4.98 Å². The van der Waals surface area contributed by atoms with Gasteiger partial charge in [-0.05, 0) is 30.3 Å². The molecule has 2 aliphatic heterocycles. The first-order valence-electron chi connectivity index (χ1n) is 10.4. The number of amides is 3. The van der Waals surface area contributed by atoms with Crippen LogP contribution in [0.1, 0.15) is 23.2 Å². The number of benzene rings is 2. The second kappa shape index (κ2) is 8.91. The fourth-order valence-electron chi connectivity index (χ4n) is 3.60. The first-order chi connectivity index (χ1) is 16.1. The molecule has 0 saturated carbocycles. The van der Waals surface area contributed by atoms with Crippen LogP contribution in [0, 0.1) is 0 Å². The van der Waals surface area contributed by atoms with Gasteiger partial charge in [0.05, 0.1) is 36.6 Å². The zero-order chi connectivity index (χ0) is 22.8. The van der Waals surface area contributed by atoms with E-state index in [4.69, 9.17) is 9.47 Å². The number of nitrogens with zero attached hydrogens (tertiary/aromatic N) is 1. The van der Waals surface area contributed by atoms with Crippen molar-refractivity contribution >= 4 is 39.9 Å². The Morgan fingerprint density at radius 2 is 1.94 bits per heavy atom. The summed E-state index contributed by atoms with van der Waals surface area (Å²) in [5.41, 5.74) is 2.29. The van der Waals surface area contributed by atoms with Crippen LogP contribution in [-0.2, 0) is 9.59 Å². The number of fused-ring (bicyclic) bond motifs is 2. The van der Waals surface area contributed by atoms with Gasteiger partial charge in [0.25, 0.3) is 5.91 Å². The van der Waals surface area contributed by atoms with E-state index in [-0.39, 0.29) is 6.42 Å². The van der Waals surface area contributed by atoms with Gasteiger partial charge in [0, 0.05) is 17.4 Å². The molecule has 0 spiro atoms. The number of thiazole rings is 1. The van der Waals surface area contributed by atoms with Crippen LogP contribution in [0.3, 0.4) is 0 Å². The van der Waals surface area contributed by atoms with Crippen molar-refractivity contribution in [1.82, 2.24) is 10.3 Å². The molecule has 9 nitrogen and oxygen atoms in total. The number of hydrogen-bond acceptors (Lipinski definition) is 7. The van der Waals surface area contributed by atoms with E-state index in [2.05, 4.69) is 20.9 Å². The molecule has 0 fully saturated rings. The average molecular weight is 465 g/mol. The predicted octanol–water partition coefficient (Wildman–Crippen LogP) is 3.05. The molecule has 3 N–H and O–H groups in total. The summed E-state index contributed by atoms with van der Waals surface area (Å²) in [7, 11) is 0. The maximum Gasteiger partial charge on any atom is 0.254 e. The molecule has 10 heteroatoms. The zero-order valence-electron chi connectivity index (χ0n) is 17.4. The van der Waals surface area contributed by atoms with Crippen molar-refractivity contribution in [1.29, 1.82) is 0 Å². The third-order valence-electron chi connectivity index (χ3n) is 5.23. The molecule has 3 aromatic rings. The number of ether oxygens (including phenoxy) is 2. The van der Waals surface area contributed by atoms with E-state index in [1.54, 1.807) is 24.3 Å². The van der Waals surface area contributed by atoms with Crippen LogP contribution in [0.15, 0.2) is 47.8 Å². The van der Waals surface area contributed by atoms with Crippen molar-refractivity contribution in [3.8, 4) is 22.8 Å². The summed E-state index contributed by atoms with van der Waals surface area (Å²) in [5, 5.41) is 10.2. The number of carbonyl (C=O) groups excluding carboxylic acids is 3. The molecule has 0 bridgehead atoms. The highest BCUT2D eigenvalue weighted by Gasteiger charge is 2.29. The van der Waals surface area contributed by atoms with E-state index in [9.17, 15) is 14.4 Å². The molecule has 1 atom stereocenters. The van der Waals surface area contributed by atoms with Crippen molar-refractivity contribution in [3.63, 3.8) is 0 Å². The lowest BCUT2D eigenvalue weighted by molar-refractivity contribution is -0.122. The standard InChI is InChI=1S/C23H20N4O5S/c28-20(11-16-22(30)24-15-5-2-1-4-14(15)21(29)25-16)27-23-26-17(12-33-23)13-6-7-18-19(10-13)32-9-3-8-31-18/h1-2,4-7,10,12,16H,3,8-9,11H2,(H,24,30)(H,25,29)(H,26,27,28)/t16-/m0/s1. The topological polar surface area (TPSA) is 119 Å². The minimum Gasteiger partial charge on any atom is -0.490 e. The molecule has 0 saturated heterocycles. The lowest BCUT2D eigenvalue weighted by atomic mass is 10.1. The van der Waals surface area contributed by atoms with Crippen LogP contribution in [0.4, 0.5) is 10.8 Å². The minimum absolute atomic E-state index is 0.218. The Bertz CT molecular complexity index is 1240. The molecule has 33 heavy (non-hydrogen) atoms. The van der Waals surface area contributed by atoms with Gasteiger partial charge in [-0.15, -0.1) is 11.3 Å². The largest absolute Gasteiger partial charge is 0.490 e. The van der Waals surface area contributed by atoms with Gasteiger partial charge in [0.1, 0.15) is 6.04 Å². The zero-order valence-corrected chi connectivity index (χ0v) is 18.2. The molecule has 3 heterocycles. The van der Waals surface area contributed by atoms with Crippen molar-refractivity contribution in [3.05, 3.63) is 53.4 Å². The minimum atomic E-state index is -0.994. The third-order valence-corrected chi connectivity index (χ3v) is 5.99. The Labute approximate surface area is 193 Å². The van der Waals surface area contributed by atoms with Crippen molar-refractivity contribution in [2.75, 3.05) is 23.8 Å². The van der Waals surface area contributed by atoms with Gasteiger partial charge in [0.2, 0.25) is 11.8 Å². The Balaban J connectivity index is 1.25. The van der Waals surface area contributed by atoms with Crippen LogP contribution in [-0.4, -0.2) is 42.0 Å². The number of para-hydroxylation sites is 1. The summed E-state index contributed by atoms with van der Waals surface area (Å²) in [6, 6.07) is 11.3. The van der Waals surface area contributed by atoms with Crippen molar-refractivity contribution in [2.45, 2.75) is 18.9 Å². The average Bonchev–Trinajstić information content (AvgIpc) is 3.08. The van der Waals surface area contributed by atoms with E-state index in [0.29, 0.717) is 46.8 Å². The Hall–Kier alpha value is -3.92. The maximum absolute atomic E-state index is 12.6. The summed E-state index contributed by atoms with van der Waals surface area (Å²) in [6.45, 7) is 1.20.